The van der Waals surface area contributed by atoms with Crippen LogP contribution in [0, 0.1) is 0 Å². The lowest BCUT2D eigenvalue weighted by atomic mass is 10.2. The van der Waals surface area contributed by atoms with Crippen LogP contribution in [-0.4, -0.2) is 37.3 Å². The number of amides is 2. The molecule has 3 aromatic rings. The van der Waals surface area contributed by atoms with Crippen molar-refractivity contribution in [3.63, 3.8) is 0 Å². The van der Waals surface area contributed by atoms with E-state index in [1.807, 2.05) is 32.2 Å². The number of nitrogens with one attached hydrogen (secondary N) is 2. The molecule has 0 bridgehead atoms. The largest absolute Gasteiger partial charge is 0.342 e. The van der Waals surface area contributed by atoms with E-state index in [-0.39, 0.29) is 23.6 Å². The Hall–Kier alpha value is -3.20. The second-order valence-corrected chi connectivity index (χ2v) is 6.98. The molecule has 0 saturated carbocycles. The number of benzene rings is 1. The van der Waals surface area contributed by atoms with Crippen LogP contribution < -0.4 is 10.6 Å². The van der Waals surface area contributed by atoms with E-state index in [9.17, 15) is 9.59 Å². The molecule has 0 aliphatic rings. The highest BCUT2D eigenvalue weighted by Crippen LogP contribution is 2.19. The standard InChI is InChI=1S/C19H20N6O2S/c1-13(21-18(27)14-7-4-3-5-8-14)17-23-24-19(25(17)2)28-12-16(26)22-15-9-6-10-20-11-15/h3-11,13H,12H2,1-2H3,(H,21,27)(H,22,26). The highest BCUT2D eigenvalue weighted by atomic mass is 32.2. The molecule has 0 spiro atoms. The molecule has 2 heterocycles. The number of anilines is 1. The first kappa shape index (κ1) is 19.6. The molecule has 144 valence electrons. The summed E-state index contributed by atoms with van der Waals surface area (Å²) >= 11 is 1.27. The van der Waals surface area contributed by atoms with Crippen molar-refractivity contribution in [3.8, 4) is 0 Å². The van der Waals surface area contributed by atoms with E-state index >= 15 is 0 Å². The van der Waals surface area contributed by atoms with Gasteiger partial charge < -0.3 is 15.2 Å². The lowest BCUT2D eigenvalue weighted by Gasteiger charge is -2.13. The second kappa shape index (κ2) is 9.14. The Morgan fingerprint density at radius 3 is 2.64 bits per heavy atom. The molecule has 1 atom stereocenters. The normalized spacial score (nSPS) is 11.6. The summed E-state index contributed by atoms with van der Waals surface area (Å²) in [7, 11) is 1.81. The number of pyridine rings is 1. The van der Waals surface area contributed by atoms with Crippen molar-refractivity contribution >= 4 is 29.3 Å². The zero-order valence-electron chi connectivity index (χ0n) is 15.5. The number of hydrogen-bond acceptors (Lipinski definition) is 6. The lowest BCUT2D eigenvalue weighted by Crippen LogP contribution is -2.28. The SMILES string of the molecule is CC(NC(=O)c1ccccc1)c1nnc(SCC(=O)Nc2cccnc2)n1C. The molecule has 0 fully saturated rings. The minimum Gasteiger partial charge on any atom is -0.342 e. The van der Waals surface area contributed by atoms with E-state index in [0.29, 0.717) is 22.2 Å². The van der Waals surface area contributed by atoms with E-state index < -0.39 is 0 Å². The van der Waals surface area contributed by atoms with Crippen LogP contribution in [0.25, 0.3) is 0 Å². The number of hydrogen-bond donors (Lipinski definition) is 2. The van der Waals surface area contributed by atoms with Crippen LogP contribution in [0.2, 0.25) is 0 Å². The molecule has 9 heteroatoms. The number of carbonyl (C=O) groups excluding carboxylic acids is 2. The first-order valence-corrected chi connectivity index (χ1v) is 9.61. The number of rotatable bonds is 7. The molecular weight excluding hydrogens is 376 g/mol. The van der Waals surface area contributed by atoms with Gasteiger partial charge in [0, 0.05) is 18.8 Å². The Labute approximate surface area is 166 Å². The fourth-order valence-electron chi connectivity index (χ4n) is 2.53. The number of aromatic nitrogens is 4. The van der Waals surface area contributed by atoms with Crippen LogP contribution in [0.5, 0.6) is 0 Å². The third kappa shape index (κ3) is 4.95. The first-order valence-electron chi connectivity index (χ1n) is 8.62. The Bertz CT molecular complexity index is 946. The summed E-state index contributed by atoms with van der Waals surface area (Å²) in [6, 6.07) is 12.2. The number of nitrogens with zero attached hydrogens (tertiary/aromatic N) is 4. The maximum atomic E-state index is 12.3. The van der Waals surface area contributed by atoms with Gasteiger partial charge in [-0.1, -0.05) is 30.0 Å². The Kier molecular flexibility index (Phi) is 6.38. The van der Waals surface area contributed by atoms with Crippen molar-refractivity contribution < 1.29 is 9.59 Å². The second-order valence-electron chi connectivity index (χ2n) is 6.04. The molecule has 1 unspecified atom stereocenters. The Morgan fingerprint density at radius 2 is 1.93 bits per heavy atom. The van der Waals surface area contributed by atoms with Crippen molar-refractivity contribution in [3.05, 3.63) is 66.2 Å². The van der Waals surface area contributed by atoms with E-state index in [1.165, 1.54) is 11.8 Å². The summed E-state index contributed by atoms with van der Waals surface area (Å²) < 4.78 is 1.78. The van der Waals surface area contributed by atoms with Crippen LogP contribution in [-0.2, 0) is 11.8 Å². The molecule has 3 rings (SSSR count). The zero-order chi connectivity index (χ0) is 19.9. The molecular formula is C19H20N6O2S. The van der Waals surface area contributed by atoms with Crippen molar-refractivity contribution in [2.75, 3.05) is 11.1 Å². The van der Waals surface area contributed by atoms with Crippen LogP contribution in [0.4, 0.5) is 5.69 Å². The van der Waals surface area contributed by atoms with Gasteiger partial charge in [0.05, 0.1) is 23.7 Å². The van der Waals surface area contributed by atoms with Gasteiger partial charge in [-0.2, -0.15) is 0 Å². The summed E-state index contributed by atoms with van der Waals surface area (Å²) in [6.45, 7) is 1.84. The van der Waals surface area contributed by atoms with Gasteiger partial charge in [0.15, 0.2) is 11.0 Å². The first-order chi connectivity index (χ1) is 13.5. The van der Waals surface area contributed by atoms with Crippen molar-refractivity contribution in [1.29, 1.82) is 0 Å². The minimum atomic E-state index is -0.330. The monoisotopic (exact) mass is 396 g/mol. The average Bonchev–Trinajstić information content (AvgIpc) is 3.08. The summed E-state index contributed by atoms with van der Waals surface area (Å²) in [4.78, 5) is 28.3. The molecule has 28 heavy (non-hydrogen) atoms. The van der Waals surface area contributed by atoms with Gasteiger partial charge in [-0.25, -0.2) is 0 Å². The van der Waals surface area contributed by atoms with E-state index in [0.717, 1.165) is 0 Å². The summed E-state index contributed by atoms with van der Waals surface area (Å²) in [5, 5.41) is 14.6. The molecule has 0 saturated heterocycles. The molecule has 2 aromatic heterocycles. The lowest BCUT2D eigenvalue weighted by molar-refractivity contribution is -0.113. The summed E-state index contributed by atoms with van der Waals surface area (Å²) in [5.41, 5.74) is 1.22. The quantitative estimate of drug-likeness (QED) is 0.595. The van der Waals surface area contributed by atoms with Gasteiger partial charge in [0.25, 0.3) is 5.91 Å². The van der Waals surface area contributed by atoms with Crippen LogP contribution in [0.15, 0.2) is 60.0 Å². The smallest absolute Gasteiger partial charge is 0.251 e. The van der Waals surface area contributed by atoms with Gasteiger partial charge in [-0.15, -0.1) is 10.2 Å². The van der Waals surface area contributed by atoms with Gasteiger partial charge in [0.1, 0.15) is 0 Å². The fraction of sp³-hybridized carbons (Fsp3) is 0.211. The predicted molar refractivity (Wildman–Crippen MR) is 107 cm³/mol. The van der Waals surface area contributed by atoms with Gasteiger partial charge in [-0.3, -0.25) is 14.6 Å². The van der Waals surface area contributed by atoms with Gasteiger partial charge in [-0.05, 0) is 31.2 Å². The van der Waals surface area contributed by atoms with Crippen molar-refractivity contribution in [2.24, 2.45) is 7.05 Å². The predicted octanol–water partition coefficient (Wildman–Crippen LogP) is 2.43. The zero-order valence-corrected chi connectivity index (χ0v) is 16.3. The molecule has 8 nitrogen and oxygen atoms in total. The topological polar surface area (TPSA) is 102 Å². The van der Waals surface area contributed by atoms with E-state index in [2.05, 4.69) is 25.8 Å². The maximum Gasteiger partial charge on any atom is 0.251 e. The van der Waals surface area contributed by atoms with Crippen molar-refractivity contribution in [2.45, 2.75) is 18.1 Å². The Morgan fingerprint density at radius 1 is 1.14 bits per heavy atom. The fourth-order valence-corrected chi connectivity index (χ4v) is 3.24. The highest BCUT2D eigenvalue weighted by molar-refractivity contribution is 7.99. The van der Waals surface area contributed by atoms with Gasteiger partial charge in [0.2, 0.25) is 5.91 Å². The van der Waals surface area contributed by atoms with E-state index in [1.54, 1.807) is 41.2 Å². The summed E-state index contributed by atoms with van der Waals surface area (Å²) in [6.07, 6.45) is 3.23. The molecule has 0 radical (unpaired) electrons. The van der Waals surface area contributed by atoms with E-state index in [4.69, 9.17) is 0 Å². The highest BCUT2D eigenvalue weighted by Gasteiger charge is 2.19. The molecule has 0 aliphatic carbocycles. The molecule has 1 aromatic carbocycles. The maximum absolute atomic E-state index is 12.3. The third-order valence-corrected chi connectivity index (χ3v) is 4.94. The van der Waals surface area contributed by atoms with Gasteiger partial charge >= 0.3 is 0 Å². The van der Waals surface area contributed by atoms with Crippen molar-refractivity contribution in [1.82, 2.24) is 25.1 Å². The minimum absolute atomic E-state index is 0.159. The molecule has 0 aliphatic heterocycles. The Balaban J connectivity index is 1.57. The third-order valence-electron chi connectivity index (χ3n) is 3.92. The van der Waals surface area contributed by atoms with Crippen LogP contribution in [0.3, 0.4) is 0 Å². The van der Waals surface area contributed by atoms with Crippen LogP contribution in [0.1, 0.15) is 29.1 Å². The number of carbonyl (C=O) groups is 2. The number of thioether (sulfide) groups is 1. The van der Waals surface area contributed by atoms with Crippen LogP contribution >= 0.6 is 11.8 Å². The molecule has 2 amide bonds. The average molecular weight is 396 g/mol. The molecule has 2 N–H and O–H groups in total. The summed E-state index contributed by atoms with van der Waals surface area (Å²) in [5.74, 6) is 0.458.